The predicted octanol–water partition coefficient (Wildman–Crippen LogP) is 2.70. The number of rotatable bonds is 8. The van der Waals surface area contributed by atoms with Crippen LogP contribution in [0.3, 0.4) is 0 Å². The third-order valence-corrected chi connectivity index (χ3v) is 5.18. The summed E-state index contributed by atoms with van der Waals surface area (Å²) in [6.45, 7) is 9.67. The molecule has 0 aromatic rings. The van der Waals surface area contributed by atoms with Crippen molar-refractivity contribution in [1.82, 2.24) is 0 Å². The highest BCUT2D eigenvalue weighted by molar-refractivity contribution is 7.54. The van der Waals surface area contributed by atoms with E-state index in [1.165, 1.54) is 0 Å². The Morgan fingerprint density at radius 3 is 1.82 bits per heavy atom. The Balaban J connectivity index is 4.86. The predicted molar refractivity (Wildman–Crippen MR) is 65.7 cm³/mol. The second kappa shape index (κ2) is 5.87. The smallest absolute Gasteiger partial charge is 0.425 e. The summed E-state index contributed by atoms with van der Waals surface area (Å²) in [5, 5.41) is 0. The molecule has 0 aromatic heterocycles. The molecule has 0 aliphatic heterocycles. The summed E-state index contributed by atoms with van der Waals surface area (Å²) in [5.41, 5.74) is -0.902. The standard InChI is InChI=1S/C9H18O6P2/c1-5-14-17(13,15-6-2)8-9(3,4)7-16(10,11)12/h5-6H,1-2,7-8H2,3-4H3,(H2,10,11,12). The Morgan fingerprint density at radius 1 is 1.12 bits per heavy atom. The monoisotopic (exact) mass is 284 g/mol. The topological polar surface area (TPSA) is 93.1 Å². The van der Waals surface area contributed by atoms with Gasteiger partial charge in [-0.25, -0.2) is 4.57 Å². The van der Waals surface area contributed by atoms with Crippen LogP contribution in [0, 0.1) is 5.41 Å². The molecule has 0 atom stereocenters. The van der Waals surface area contributed by atoms with Crippen molar-refractivity contribution in [3.8, 4) is 0 Å². The van der Waals surface area contributed by atoms with Crippen molar-refractivity contribution in [3.05, 3.63) is 25.7 Å². The van der Waals surface area contributed by atoms with E-state index in [1.807, 2.05) is 0 Å². The third kappa shape index (κ3) is 7.40. The molecule has 0 spiro atoms. The molecule has 100 valence electrons. The summed E-state index contributed by atoms with van der Waals surface area (Å²) in [5.74, 6) is 0. The Kier molecular flexibility index (Phi) is 5.69. The minimum absolute atomic E-state index is 0.150. The lowest BCUT2D eigenvalue weighted by Gasteiger charge is -2.27. The lowest BCUT2D eigenvalue weighted by molar-refractivity contribution is 0.300. The Hall–Kier alpha value is -0.540. The second-order valence-corrected chi connectivity index (χ2v) is 7.91. The molecule has 0 aliphatic carbocycles. The van der Waals surface area contributed by atoms with Crippen molar-refractivity contribution >= 4 is 15.2 Å². The fourth-order valence-electron chi connectivity index (χ4n) is 1.46. The van der Waals surface area contributed by atoms with Gasteiger partial charge >= 0.3 is 15.2 Å². The molecule has 17 heavy (non-hydrogen) atoms. The summed E-state index contributed by atoms with van der Waals surface area (Å²) < 4.78 is 32.6. The van der Waals surface area contributed by atoms with Crippen LogP contribution >= 0.6 is 15.2 Å². The SMILES string of the molecule is C=COP(=O)(CC(C)(C)CP(=O)(O)O)OC=C. The molecule has 0 saturated carbocycles. The zero-order valence-electron chi connectivity index (χ0n) is 9.90. The van der Waals surface area contributed by atoms with Crippen LogP contribution in [0.4, 0.5) is 0 Å². The zero-order valence-corrected chi connectivity index (χ0v) is 11.7. The van der Waals surface area contributed by atoms with Crippen LogP contribution in [0.5, 0.6) is 0 Å². The van der Waals surface area contributed by atoms with Gasteiger partial charge in [0.2, 0.25) is 0 Å². The van der Waals surface area contributed by atoms with E-state index >= 15 is 0 Å². The van der Waals surface area contributed by atoms with Crippen LogP contribution < -0.4 is 0 Å². The lowest BCUT2D eigenvalue weighted by Crippen LogP contribution is -2.22. The van der Waals surface area contributed by atoms with Gasteiger partial charge in [-0.1, -0.05) is 27.0 Å². The van der Waals surface area contributed by atoms with E-state index in [9.17, 15) is 9.13 Å². The van der Waals surface area contributed by atoms with Gasteiger partial charge in [0, 0.05) is 0 Å². The van der Waals surface area contributed by atoms with Crippen molar-refractivity contribution in [2.45, 2.75) is 13.8 Å². The normalized spacial score (nSPS) is 12.9. The molecule has 0 rings (SSSR count). The van der Waals surface area contributed by atoms with E-state index in [0.717, 1.165) is 12.5 Å². The highest BCUT2D eigenvalue weighted by Crippen LogP contribution is 2.55. The van der Waals surface area contributed by atoms with Gasteiger partial charge in [0.25, 0.3) is 0 Å². The van der Waals surface area contributed by atoms with Crippen molar-refractivity contribution in [2.75, 3.05) is 12.3 Å². The Morgan fingerprint density at radius 2 is 1.53 bits per heavy atom. The molecule has 0 fully saturated rings. The van der Waals surface area contributed by atoms with E-state index in [0.29, 0.717) is 0 Å². The number of hydrogen-bond acceptors (Lipinski definition) is 4. The first-order valence-electron chi connectivity index (χ1n) is 4.76. The van der Waals surface area contributed by atoms with Crippen LogP contribution in [-0.4, -0.2) is 22.1 Å². The van der Waals surface area contributed by atoms with Gasteiger partial charge in [-0.3, -0.25) is 4.57 Å². The van der Waals surface area contributed by atoms with Gasteiger partial charge in [-0.05, 0) is 5.41 Å². The van der Waals surface area contributed by atoms with E-state index in [-0.39, 0.29) is 6.16 Å². The Labute approximate surface area is 101 Å². The minimum atomic E-state index is -4.20. The summed E-state index contributed by atoms with van der Waals surface area (Å²) in [6.07, 6.45) is 1.38. The molecule has 0 radical (unpaired) electrons. The lowest BCUT2D eigenvalue weighted by atomic mass is 10.0. The zero-order chi connectivity index (χ0) is 13.7. The molecular weight excluding hydrogens is 266 g/mol. The van der Waals surface area contributed by atoms with Gasteiger partial charge in [0.1, 0.15) is 0 Å². The molecule has 0 unspecified atom stereocenters. The first kappa shape index (κ1) is 16.5. The van der Waals surface area contributed by atoms with Gasteiger partial charge in [0.15, 0.2) is 0 Å². The summed E-state index contributed by atoms with van der Waals surface area (Å²) in [6, 6.07) is 0. The van der Waals surface area contributed by atoms with Crippen molar-refractivity contribution in [3.63, 3.8) is 0 Å². The second-order valence-electron chi connectivity index (χ2n) is 4.30. The summed E-state index contributed by atoms with van der Waals surface area (Å²) in [4.78, 5) is 17.8. The molecule has 2 N–H and O–H groups in total. The van der Waals surface area contributed by atoms with E-state index < -0.39 is 26.8 Å². The third-order valence-electron chi connectivity index (χ3n) is 1.73. The molecule has 8 heteroatoms. The maximum atomic E-state index is 12.1. The molecule has 0 bridgehead atoms. The van der Waals surface area contributed by atoms with Crippen molar-refractivity contribution in [1.29, 1.82) is 0 Å². The fraction of sp³-hybridized carbons (Fsp3) is 0.556. The molecule has 0 amide bonds. The summed E-state index contributed by atoms with van der Waals surface area (Å²) >= 11 is 0. The van der Waals surface area contributed by atoms with Crippen LogP contribution in [0.2, 0.25) is 0 Å². The molecular formula is C9H18O6P2. The van der Waals surface area contributed by atoms with E-state index in [2.05, 4.69) is 13.2 Å². The van der Waals surface area contributed by atoms with E-state index in [1.54, 1.807) is 13.8 Å². The fourth-order valence-corrected chi connectivity index (χ4v) is 4.67. The van der Waals surface area contributed by atoms with Gasteiger partial charge < -0.3 is 18.8 Å². The average Bonchev–Trinajstić information content (AvgIpc) is 1.96. The highest BCUT2D eigenvalue weighted by Gasteiger charge is 2.38. The van der Waals surface area contributed by atoms with Crippen molar-refractivity contribution in [2.24, 2.45) is 5.41 Å². The molecule has 0 aromatic carbocycles. The maximum absolute atomic E-state index is 12.1. The molecule has 0 saturated heterocycles. The van der Waals surface area contributed by atoms with Crippen LogP contribution in [0.25, 0.3) is 0 Å². The highest BCUT2D eigenvalue weighted by atomic mass is 31.2. The Bertz CT molecular complexity index is 356. The molecule has 6 nitrogen and oxygen atoms in total. The van der Waals surface area contributed by atoms with Crippen LogP contribution in [0.1, 0.15) is 13.8 Å². The van der Waals surface area contributed by atoms with Crippen molar-refractivity contribution < 1.29 is 28.0 Å². The van der Waals surface area contributed by atoms with Gasteiger partial charge in [-0.2, -0.15) is 0 Å². The van der Waals surface area contributed by atoms with Gasteiger partial charge in [0.05, 0.1) is 24.8 Å². The van der Waals surface area contributed by atoms with Gasteiger partial charge in [-0.15, -0.1) is 0 Å². The van der Waals surface area contributed by atoms with Crippen LogP contribution in [-0.2, 0) is 18.2 Å². The summed E-state index contributed by atoms with van der Waals surface area (Å²) in [7, 11) is -7.70. The number of hydrogen-bond donors (Lipinski definition) is 2. The first-order chi connectivity index (χ1) is 7.54. The molecule has 0 heterocycles. The largest absolute Gasteiger partial charge is 0.430 e. The van der Waals surface area contributed by atoms with E-state index in [4.69, 9.17) is 18.8 Å². The minimum Gasteiger partial charge on any atom is -0.425 e. The van der Waals surface area contributed by atoms with Crippen LogP contribution in [0.15, 0.2) is 25.7 Å². The quantitative estimate of drug-likeness (QED) is 0.526. The average molecular weight is 284 g/mol. The first-order valence-corrected chi connectivity index (χ1v) is 8.28. The molecule has 0 aliphatic rings. The maximum Gasteiger partial charge on any atom is 0.430 e.